The van der Waals surface area contributed by atoms with Gasteiger partial charge >= 0.3 is 0 Å². The van der Waals surface area contributed by atoms with Crippen molar-refractivity contribution in [2.75, 3.05) is 18.4 Å². The second-order valence-corrected chi connectivity index (χ2v) is 9.64. The van der Waals surface area contributed by atoms with Gasteiger partial charge in [-0.1, -0.05) is 28.1 Å². The summed E-state index contributed by atoms with van der Waals surface area (Å²) in [5, 5.41) is 2.81. The van der Waals surface area contributed by atoms with Gasteiger partial charge in [0.15, 0.2) is 5.78 Å². The van der Waals surface area contributed by atoms with E-state index in [9.17, 15) is 18.0 Å². The zero-order chi connectivity index (χ0) is 20.3. The monoisotopic (exact) mass is 464 g/mol. The van der Waals surface area contributed by atoms with Crippen LogP contribution in [0.25, 0.3) is 0 Å². The summed E-state index contributed by atoms with van der Waals surface area (Å²) in [4.78, 5) is 24.4. The summed E-state index contributed by atoms with van der Waals surface area (Å²) in [6.07, 6.45) is 1.23. The number of piperidine rings is 1. The van der Waals surface area contributed by atoms with Crippen molar-refractivity contribution in [1.82, 2.24) is 4.31 Å². The first-order valence-electron chi connectivity index (χ1n) is 8.95. The third kappa shape index (κ3) is 4.68. The number of Topliss-reactive ketones (excluding diaryl/α,β-unsaturated/α-hetero) is 1. The molecule has 2 aromatic rings. The van der Waals surface area contributed by atoms with E-state index in [1.807, 2.05) is 0 Å². The molecule has 28 heavy (non-hydrogen) atoms. The van der Waals surface area contributed by atoms with Crippen LogP contribution < -0.4 is 5.32 Å². The Kier molecular flexibility index (Phi) is 6.32. The van der Waals surface area contributed by atoms with Crippen LogP contribution >= 0.6 is 15.9 Å². The van der Waals surface area contributed by atoms with E-state index < -0.39 is 15.9 Å². The number of halogens is 1. The first-order chi connectivity index (χ1) is 13.3. The molecule has 1 aliphatic rings. The molecule has 1 aliphatic heterocycles. The number of carbonyl (C=O) groups is 2. The number of carbonyl (C=O) groups excluding carboxylic acids is 2. The minimum atomic E-state index is -3.65. The van der Waals surface area contributed by atoms with E-state index in [1.165, 1.54) is 11.2 Å². The van der Waals surface area contributed by atoms with E-state index in [4.69, 9.17) is 0 Å². The summed E-state index contributed by atoms with van der Waals surface area (Å²) in [6.45, 7) is 1.99. The minimum absolute atomic E-state index is 0.0828. The largest absolute Gasteiger partial charge is 0.326 e. The predicted molar refractivity (Wildman–Crippen MR) is 111 cm³/mol. The molecule has 148 valence electrons. The van der Waals surface area contributed by atoms with Crippen molar-refractivity contribution in [2.45, 2.75) is 24.7 Å². The molecule has 0 radical (unpaired) electrons. The molecule has 0 aromatic heterocycles. The number of nitrogens with one attached hydrogen (secondary N) is 1. The quantitative estimate of drug-likeness (QED) is 0.683. The van der Waals surface area contributed by atoms with Crippen LogP contribution in [0.1, 0.15) is 30.1 Å². The Morgan fingerprint density at radius 2 is 1.86 bits per heavy atom. The Hall–Kier alpha value is -2.03. The molecule has 1 atom stereocenters. The topological polar surface area (TPSA) is 83.6 Å². The van der Waals surface area contributed by atoms with E-state index in [-0.39, 0.29) is 23.1 Å². The van der Waals surface area contributed by atoms with Gasteiger partial charge in [-0.2, -0.15) is 4.31 Å². The predicted octanol–water partition coefficient (Wildman–Crippen LogP) is 3.69. The Bertz CT molecular complexity index is 990. The SMILES string of the molecule is CC(=O)c1cccc(NC(=O)[C@@H]2CCCN(S(=O)(=O)c3ccc(Br)cc3)C2)c1. The van der Waals surface area contributed by atoms with Crippen molar-refractivity contribution >= 4 is 43.3 Å². The first kappa shape index (κ1) is 20.7. The molecule has 0 spiro atoms. The van der Waals surface area contributed by atoms with Gasteiger partial charge < -0.3 is 5.32 Å². The summed E-state index contributed by atoms with van der Waals surface area (Å²) >= 11 is 3.30. The van der Waals surface area contributed by atoms with E-state index >= 15 is 0 Å². The smallest absolute Gasteiger partial charge is 0.243 e. The molecule has 1 heterocycles. The third-order valence-corrected chi connectivity index (χ3v) is 7.15. The molecule has 0 bridgehead atoms. The van der Waals surface area contributed by atoms with Gasteiger partial charge in [-0.3, -0.25) is 9.59 Å². The highest BCUT2D eigenvalue weighted by Gasteiger charge is 2.33. The van der Waals surface area contributed by atoms with E-state index in [0.717, 1.165) is 4.47 Å². The van der Waals surface area contributed by atoms with Crippen LogP contribution in [-0.2, 0) is 14.8 Å². The molecule has 1 fully saturated rings. The molecular formula is C20H21BrN2O4S. The van der Waals surface area contributed by atoms with Crippen LogP contribution in [0.2, 0.25) is 0 Å². The third-order valence-electron chi connectivity index (χ3n) is 4.74. The fourth-order valence-corrected chi connectivity index (χ4v) is 4.98. The summed E-state index contributed by atoms with van der Waals surface area (Å²) in [6, 6.07) is 13.2. The van der Waals surface area contributed by atoms with Crippen LogP contribution in [-0.4, -0.2) is 37.5 Å². The maximum atomic E-state index is 12.9. The summed E-state index contributed by atoms with van der Waals surface area (Å²) < 4.78 is 27.9. The van der Waals surface area contributed by atoms with E-state index in [1.54, 1.807) is 48.5 Å². The van der Waals surface area contributed by atoms with Crippen LogP contribution in [0.15, 0.2) is 57.9 Å². The fourth-order valence-electron chi connectivity index (χ4n) is 3.19. The maximum Gasteiger partial charge on any atom is 0.243 e. The molecule has 8 heteroatoms. The second kappa shape index (κ2) is 8.55. The van der Waals surface area contributed by atoms with Crippen LogP contribution in [0, 0.1) is 5.92 Å². The lowest BCUT2D eigenvalue weighted by Crippen LogP contribution is -2.43. The van der Waals surface area contributed by atoms with Crippen molar-refractivity contribution in [3.63, 3.8) is 0 Å². The maximum absolute atomic E-state index is 12.9. The zero-order valence-corrected chi connectivity index (χ0v) is 17.8. The van der Waals surface area contributed by atoms with E-state index in [0.29, 0.717) is 30.6 Å². The number of anilines is 1. The number of amides is 1. The van der Waals surface area contributed by atoms with Crippen molar-refractivity contribution < 1.29 is 18.0 Å². The number of hydrogen-bond donors (Lipinski definition) is 1. The average Bonchev–Trinajstić information content (AvgIpc) is 2.68. The highest BCUT2D eigenvalue weighted by Crippen LogP contribution is 2.26. The van der Waals surface area contributed by atoms with Gasteiger partial charge in [-0.15, -0.1) is 0 Å². The van der Waals surface area contributed by atoms with E-state index in [2.05, 4.69) is 21.2 Å². The van der Waals surface area contributed by atoms with Gasteiger partial charge in [0.05, 0.1) is 10.8 Å². The standard InChI is InChI=1S/C20H21BrN2O4S/c1-14(24)15-4-2-6-18(12-15)22-20(25)16-5-3-11-23(13-16)28(26,27)19-9-7-17(21)8-10-19/h2,4,6-10,12,16H,3,5,11,13H2,1H3,(H,22,25)/t16-/m1/s1. The lowest BCUT2D eigenvalue weighted by atomic mass is 9.98. The number of hydrogen-bond acceptors (Lipinski definition) is 4. The summed E-state index contributed by atoms with van der Waals surface area (Å²) in [7, 11) is -3.65. The van der Waals surface area contributed by atoms with Crippen molar-refractivity contribution in [2.24, 2.45) is 5.92 Å². The molecular weight excluding hydrogens is 444 g/mol. The van der Waals surface area contributed by atoms with Gasteiger partial charge in [-0.25, -0.2) is 8.42 Å². The zero-order valence-electron chi connectivity index (χ0n) is 15.4. The highest BCUT2D eigenvalue weighted by atomic mass is 79.9. The molecule has 0 aliphatic carbocycles. The Morgan fingerprint density at radius 1 is 1.14 bits per heavy atom. The Labute approximate surface area is 173 Å². The molecule has 1 amide bonds. The number of nitrogens with zero attached hydrogens (tertiary/aromatic N) is 1. The van der Waals surface area contributed by atoms with Crippen molar-refractivity contribution in [3.8, 4) is 0 Å². The first-order valence-corrected chi connectivity index (χ1v) is 11.2. The Morgan fingerprint density at radius 3 is 2.54 bits per heavy atom. The van der Waals surface area contributed by atoms with Crippen molar-refractivity contribution in [1.29, 1.82) is 0 Å². The minimum Gasteiger partial charge on any atom is -0.326 e. The number of ketones is 1. The molecule has 0 saturated carbocycles. The number of benzene rings is 2. The highest BCUT2D eigenvalue weighted by molar-refractivity contribution is 9.10. The summed E-state index contributed by atoms with van der Waals surface area (Å²) in [5.41, 5.74) is 1.05. The van der Waals surface area contributed by atoms with Gasteiger partial charge in [0, 0.05) is 28.8 Å². The molecule has 0 unspecified atom stereocenters. The molecule has 6 nitrogen and oxygen atoms in total. The van der Waals surface area contributed by atoms with Crippen LogP contribution in [0.4, 0.5) is 5.69 Å². The fraction of sp³-hybridized carbons (Fsp3) is 0.300. The summed E-state index contributed by atoms with van der Waals surface area (Å²) in [5.74, 6) is -0.767. The second-order valence-electron chi connectivity index (χ2n) is 6.78. The van der Waals surface area contributed by atoms with Crippen LogP contribution in [0.3, 0.4) is 0 Å². The molecule has 1 saturated heterocycles. The molecule has 2 aromatic carbocycles. The normalized spacial score (nSPS) is 17.9. The molecule has 1 N–H and O–H groups in total. The van der Waals surface area contributed by atoms with Gasteiger partial charge in [0.1, 0.15) is 0 Å². The lowest BCUT2D eigenvalue weighted by molar-refractivity contribution is -0.120. The van der Waals surface area contributed by atoms with Gasteiger partial charge in [0.2, 0.25) is 15.9 Å². The number of sulfonamides is 1. The molecule has 3 rings (SSSR count). The lowest BCUT2D eigenvalue weighted by Gasteiger charge is -2.31. The van der Waals surface area contributed by atoms with Crippen molar-refractivity contribution in [3.05, 3.63) is 58.6 Å². The van der Waals surface area contributed by atoms with Gasteiger partial charge in [0.25, 0.3) is 0 Å². The van der Waals surface area contributed by atoms with Crippen LogP contribution in [0.5, 0.6) is 0 Å². The average molecular weight is 465 g/mol. The van der Waals surface area contributed by atoms with Gasteiger partial charge in [-0.05, 0) is 56.2 Å². The number of rotatable bonds is 5. The Balaban J connectivity index is 1.72.